The average Bonchev–Trinajstić information content (AvgIpc) is 3.22. The molecule has 0 aliphatic heterocycles. The summed E-state index contributed by atoms with van der Waals surface area (Å²) in [5, 5.41) is 12.7. The van der Waals surface area contributed by atoms with Gasteiger partial charge >= 0.3 is 0 Å². The Balaban J connectivity index is 1.57. The number of aromatic nitrogens is 3. The molecule has 174 valence electrons. The van der Waals surface area contributed by atoms with Crippen molar-refractivity contribution in [3.8, 4) is 11.4 Å². The van der Waals surface area contributed by atoms with Gasteiger partial charge in [0.2, 0.25) is 5.91 Å². The minimum absolute atomic E-state index is 0.101. The van der Waals surface area contributed by atoms with Gasteiger partial charge < -0.3 is 10.2 Å². The lowest BCUT2D eigenvalue weighted by Crippen LogP contribution is -2.23. The summed E-state index contributed by atoms with van der Waals surface area (Å²) in [6.45, 7) is 2.43. The third kappa shape index (κ3) is 5.61. The first-order valence-corrected chi connectivity index (χ1v) is 12.1. The van der Waals surface area contributed by atoms with Crippen molar-refractivity contribution in [3.05, 3.63) is 89.4 Å². The minimum atomic E-state index is -0.383. The van der Waals surface area contributed by atoms with Gasteiger partial charge in [-0.05, 0) is 48.9 Å². The molecule has 4 rings (SSSR count). The zero-order valence-corrected chi connectivity index (χ0v) is 20.8. The maximum Gasteiger partial charge on any atom is 0.237 e. The third-order valence-corrected chi connectivity index (χ3v) is 6.73. The number of hydrogen-bond acceptors (Lipinski definition) is 5. The molecule has 1 atom stereocenters. The maximum absolute atomic E-state index is 12.9. The largest absolute Gasteiger partial charge is 0.378 e. The Hall–Kier alpha value is -3.29. The van der Waals surface area contributed by atoms with Crippen molar-refractivity contribution in [2.45, 2.75) is 23.9 Å². The summed E-state index contributed by atoms with van der Waals surface area (Å²) in [4.78, 5) is 14.9. The fourth-order valence-corrected chi connectivity index (χ4v) is 4.49. The van der Waals surface area contributed by atoms with Crippen LogP contribution in [0.1, 0.15) is 12.5 Å². The molecule has 0 saturated heterocycles. The Morgan fingerprint density at radius 1 is 1.00 bits per heavy atom. The molecular weight excluding hydrogens is 466 g/mol. The average molecular weight is 492 g/mol. The highest BCUT2D eigenvalue weighted by atomic mass is 35.5. The summed E-state index contributed by atoms with van der Waals surface area (Å²) in [6.07, 6.45) is 0. The summed E-state index contributed by atoms with van der Waals surface area (Å²) in [5.74, 6) is 0.569. The minimum Gasteiger partial charge on any atom is -0.378 e. The van der Waals surface area contributed by atoms with Crippen molar-refractivity contribution in [2.75, 3.05) is 24.3 Å². The molecule has 0 aliphatic rings. The number of anilines is 2. The van der Waals surface area contributed by atoms with Crippen molar-refractivity contribution >= 4 is 40.6 Å². The smallest absolute Gasteiger partial charge is 0.237 e. The van der Waals surface area contributed by atoms with Crippen LogP contribution >= 0.6 is 23.4 Å². The zero-order chi connectivity index (χ0) is 24.1. The second-order valence-corrected chi connectivity index (χ2v) is 9.76. The van der Waals surface area contributed by atoms with Crippen LogP contribution in [0.4, 0.5) is 11.4 Å². The molecule has 1 heterocycles. The topological polar surface area (TPSA) is 63.1 Å². The van der Waals surface area contributed by atoms with E-state index in [9.17, 15) is 4.79 Å². The summed E-state index contributed by atoms with van der Waals surface area (Å²) in [7, 11) is 3.96. The van der Waals surface area contributed by atoms with Gasteiger partial charge in [0, 0.05) is 31.0 Å². The van der Waals surface area contributed by atoms with Crippen molar-refractivity contribution in [1.82, 2.24) is 14.8 Å². The lowest BCUT2D eigenvalue weighted by molar-refractivity contribution is -0.115. The number of rotatable bonds is 8. The molecule has 1 aromatic heterocycles. The van der Waals surface area contributed by atoms with E-state index in [0.29, 0.717) is 22.5 Å². The lowest BCUT2D eigenvalue weighted by Gasteiger charge is -2.15. The number of carbonyl (C=O) groups excluding carboxylic acids is 1. The molecule has 1 N–H and O–H groups in total. The summed E-state index contributed by atoms with van der Waals surface area (Å²) in [6, 6.07) is 25.4. The monoisotopic (exact) mass is 491 g/mol. The van der Waals surface area contributed by atoms with Crippen LogP contribution in [0.25, 0.3) is 11.4 Å². The Labute approximate surface area is 209 Å². The van der Waals surface area contributed by atoms with Gasteiger partial charge in [-0.25, -0.2) is 0 Å². The van der Waals surface area contributed by atoms with Crippen LogP contribution in [0.15, 0.2) is 84.0 Å². The Morgan fingerprint density at radius 2 is 1.68 bits per heavy atom. The SMILES string of the molecule is CC(Sc1nnc(-c2ccccc2Cl)n1Cc1ccccc1)C(=O)Nc1ccc(N(C)C)cc1. The van der Waals surface area contributed by atoms with Gasteiger partial charge in [-0.2, -0.15) is 0 Å². The van der Waals surface area contributed by atoms with Crippen LogP contribution in [0, 0.1) is 0 Å². The second-order valence-electron chi connectivity index (χ2n) is 8.05. The quantitative estimate of drug-likeness (QED) is 0.314. The molecule has 34 heavy (non-hydrogen) atoms. The van der Waals surface area contributed by atoms with Gasteiger partial charge in [0.15, 0.2) is 11.0 Å². The van der Waals surface area contributed by atoms with Gasteiger partial charge in [0.25, 0.3) is 0 Å². The highest BCUT2D eigenvalue weighted by Gasteiger charge is 2.22. The Bertz CT molecular complexity index is 1260. The zero-order valence-electron chi connectivity index (χ0n) is 19.3. The standard InChI is InChI=1S/C26H26ClN5OS/c1-18(25(33)28-20-13-15-21(16-14-20)31(2)3)34-26-30-29-24(22-11-7-8-12-23(22)27)32(26)17-19-9-5-4-6-10-19/h4-16,18H,17H2,1-3H3,(H,28,33). The molecule has 3 aromatic carbocycles. The normalized spacial score (nSPS) is 11.8. The van der Waals surface area contributed by atoms with Gasteiger partial charge in [-0.3, -0.25) is 9.36 Å². The van der Waals surface area contributed by atoms with E-state index in [1.807, 2.05) is 97.2 Å². The number of carbonyl (C=O) groups is 1. The van der Waals surface area contributed by atoms with E-state index in [0.717, 1.165) is 22.5 Å². The highest BCUT2D eigenvalue weighted by Crippen LogP contribution is 2.31. The van der Waals surface area contributed by atoms with E-state index in [4.69, 9.17) is 11.6 Å². The van der Waals surface area contributed by atoms with Gasteiger partial charge in [0.1, 0.15) is 0 Å². The number of halogens is 1. The number of benzene rings is 3. The van der Waals surface area contributed by atoms with E-state index in [2.05, 4.69) is 27.6 Å². The van der Waals surface area contributed by atoms with Crippen molar-refractivity contribution < 1.29 is 4.79 Å². The second kappa shape index (κ2) is 10.8. The maximum atomic E-state index is 12.9. The molecule has 0 aliphatic carbocycles. The summed E-state index contributed by atoms with van der Waals surface area (Å²) in [5.41, 5.74) is 3.74. The number of hydrogen-bond donors (Lipinski definition) is 1. The molecule has 1 amide bonds. The number of nitrogens with zero attached hydrogens (tertiary/aromatic N) is 4. The molecular formula is C26H26ClN5OS. The first-order chi connectivity index (χ1) is 16.4. The van der Waals surface area contributed by atoms with Crippen LogP contribution in [-0.4, -0.2) is 40.0 Å². The predicted molar refractivity (Wildman–Crippen MR) is 141 cm³/mol. The molecule has 0 saturated carbocycles. The van der Waals surface area contributed by atoms with Gasteiger partial charge in [-0.1, -0.05) is 65.8 Å². The molecule has 6 nitrogen and oxygen atoms in total. The molecule has 0 radical (unpaired) electrons. The van der Waals surface area contributed by atoms with Crippen LogP contribution in [0.5, 0.6) is 0 Å². The lowest BCUT2D eigenvalue weighted by atomic mass is 10.2. The Kier molecular flexibility index (Phi) is 7.55. The van der Waals surface area contributed by atoms with Crippen LogP contribution in [0.2, 0.25) is 5.02 Å². The van der Waals surface area contributed by atoms with Gasteiger partial charge in [-0.15, -0.1) is 10.2 Å². The van der Waals surface area contributed by atoms with Crippen molar-refractivity contribution in [1.29, 1.82) is 0 Å². The van der Waals surface area contributed by atoms with Gasteiger partial charge in [0.05, 0.1) is 16.8 Å². The van der Waals surface area contributed by atoms with Crippen LogP contribution < -0.4 is 10.2 Å². The Morgan fingerprint density at radius 3 is 2.35 bits per heavy atom. The molecule has 0 fully saturated rings. The molecule has 8 heteroatoms. The van der Waals surface area contributed by atoms with E-state index in [-0.39, 0.29) is 11.2 Å². The molecule has 0 bridgehead atoms. The van der Waals surface area contributed by atoms with Crippen molar-refractivity contribution in [3.63, 3.8) is 0 Å². The van der Waals surface area contributed by atoms with E-state index < -0.39 is 0 Å². The molecule has 4 aromatic rings. The van der Waals surface area contributed by atoms with Crippen molar-refractivity contribution in [2.24, 2.45) is 0 Å². The summed E-state index contributed by atoms with van der Waals surface area (Å²) < 4.78 is 2.01. The first kappa shape index (κ1) is 23.9. The molecule has 1 unspecified atom stereocenters. The first-order valence-electron chi connectivity index (χ1n) is 10.9. The fraction of sp³-hybridized carbons (Fsp3) is 0.192. The highest BCUT2D eigenvalue weighted by molar-refractivity contribution is 8.00. The predicted octanol–water partition coefficient (Wildman–Crippen LogP) is 5.83. The number of amides is 1. The number of nitrogens with one attached hydrogen (secondary N) is 1. The third-order valence-electron chi connectivity index (χ3n) is 5.32. The van der Waals surface area contributed by atoms with E-state index >= 15 is 0 Å². The van der Waals surface area contributed by atoms with Crippen LogP contribution in [-0.2, 0) is 11.3 Å². The van der Waals surface area contributed by atoms with E-state index in [1.165, 1.54) is 11.8 Å². The van der Waals surface area contributed by atoms with E-state index in [1.54, 1.807) is 0 Å². The van der Waals surface area contributed by atoms with Crippen LogP contribution in [0.3, 0.4) is 0 Å². The fourth-order valence-electron chi connectivity index (χ4n) is 3.42. The number of thioether (sulfide) groups is 1. The molecule has 0 spiro atoms. The summed E-state index contributed by atoms with van der Waals surface area (Å²) >= 11 is 7.84.